The Balaban J connectivity index is 1.10. The van der Waals surface area contributed by atoms with Gasteiger partial charge in [0, 0.05) is 27.2 Å². The van der Waals surface area contributed by atoms with Crippen LogP contribution in [0.3, 0.4) is 0 Å². The number of nitrogens with zero attached hydrogens (tertiary/aromatic N) is 1. The van der Waals surface area contributed by atoms with Crippen molar-refractivity contribution in [1.82, 2.24) is 4.57 Å². The Kier molecular flexibility index (Phi) is 6.53. The first-order valence-corrected chi connectivity index (χ1v) is 17.1. The van der Waals surface area contributed by atoms with Crippen molar-refractivity contribution in [2.45, 2.75) is 0 Å². The lowest BCUT2D eigenvalue weighted by Gasteiger charge is -2.13. The first-order valence-electron chi connectivity index (χ1n) is 17.1. The molecular formula is C48H31NO. The van der Waals surface area contributed by atoms with Gasteiger partial charge in [-0.3, -0.25) is 0 Å². The monoisotopic (exact) mass is 637 g/mol. The van der Waals surface area contributed by atoms with E-state index in [4.69, 9.17) is 4.42 Å². The molecule has 0 aliphatic heterocycles. The molecule has 0 atom stereocenters. The van der Waals surface area contributed by atoms with Crippen LogP contribution in [0.2, 0.25) is 0 Å². The number of rotatable bonds is 5. The molecule has 0 radical (unpaired) electrons. The number of furan rings is 1. The van der Waals surface area contributed by atoms with Crippen LogP contribution in [0, 0.1) is 0 Å². The zero-order valence-electron chi connectivity index (χ0n) is 27.3. The van der Waals surface area contributed by atoms with Crippen LogP contribution in [0.5, 0.6) is 0 Å². The molecule has 50 heavy (non-hydrogen) atoms. The van der Waals surface area contributed by atoms with Crippen LogP contribution >= 0.6 is 0 Å². The molecule has 0 aliphatic rings. The summed E-state index contributed by atoms with van der Waals surface area (Å²) in [6.07, 6.45) is 0. The van der Waals surface area contributed by atoms with Gasteiger partial charge >= 0.3 is 0 Å². The zero-order valence-corrected chi connectivity index (χ0v) is 27.3. The van der Waals surface area contributed by atoms with E-state index in [9.17, 15) is 0 Å². The van der Waals surface area contributed by atoms with E-state index in [1.165, 1.54) is 55.2 Å². The molecule has 0 spiro atoms. The summed E-state index contributed by atoms with van der Waals surface area (Å²) >= 11 is 0. The molecule has 0 saturated heterocycles. The standard InChI is InChI=1S/C48H31NO/c1-2-10-32(11-3-1)33-18-20-34(21-19-33)37-28-38(30-39(29-37)36-24-27-44-43-14-6-9-17-47(43)50-48(44)31-36)35-22-25-40(26-23-35)49-45-15-7-4-12-41(45)42-13-5-8-16-46(42)49/h1-31H. The molecule has 0 aliphatic carbocycles. The van der Waals surface area contributed by atoms with Gasteiger partial charge in [-0.15, -0.1) is 0 Å². The van der Waals surface area contributed by atoms with Gasteiger partial charge < -0.3 is 8.98 Å². The van der Waals surface area contributed by atoms with Gasteiger partial charge in [0.05, 0.1) is 11.0 Å². The summed E-state index contributed by atoms with van der Waals surface area (Å²) in [5.74, 6) is 0. The summed E-state index contributed by atoms with van der Waals surface area (Å²) in [5, 5.41) is 4.82. The number of para-hydroxylation sites is 3. The van der Waals surface area contributed by atoms with E-state index in [1.54, 1.807) is 0 Å². The molecule has 2 heteroatoms. The number of fused-ring (bicyclic) bond motifs is 6. The first kappa shape index (κ1) is 28.4. The van der Waals surface area contributed by atoms with Crippen LogP contribution in [0.25, 0.3) is 93.9 Å². The Hall–Kier alpha value is -6.64. The van der Waals surface area contributed by atoms with Crippen molar-refractivity contribution >= 4 is 43.7 Å². The lowest BCUT2D eigenvalue weighted by molar-refractivity contribution is 0.669. The van der Waals surface area contributed by atoms with Crippen molar-refractivity contribution in [3.63, 3.8) is 0 Å². The van der Waals surface area contributed by atoms with Gasteiger partial charge in [-0.1, -0.05) is 127 Å². The Morgan fingerprint density at radius 1 is 0.280 bits per heavy atom. The quantitative estimate of drug-likeness (QED) is 0.184. The van der Waals surface area contributed by atoms with Gasteiger partial charge in [0.15, 0.2) is 0 Å². The Morgan fingerprint density at radius 2 is 0.720 bits per heavy atom. The molecule has 2 nitrogen and oxygen atoms in total. The second-order valence-electron chi connectivity index (χ2n) is 13.0. The smallest absolute Gasteiger partial charge is 0.136 e. The van der Waals surface area contributed by atoms with Gasteiger partial charge in [-0.05, 0) is 105 Å². The van der Waals surface area contributed by atoms with Gasteiger partial charge in [-0.25, -0.2) is 0 Å². The fourth-order valence-electron chi connectivity index (χ4n) is 7.52. The summed E-state index contributed by atoms with van der Waals surface area (Å²) in [6, 6.07) is 67.6. The average molecular weight is 638 g/mol. The molecule has 234 valence electrons. The summed E-state index contributed by atoms with van der Waals surface area (Å²) in [7, 11) is 0. The van der Waals surface area contributed by atoms with Crippen molar-refractivity contribution in [1.29, 1.82) is 0 Å². The lowest BCUT2D eigenvalue weighted by Crippen LogP contribution is -1.93. The highest BCUT2D eigenvalue weighted by Gasteiger charge is 2.14. The van der Waals surface area contributed by atoms with E-state index < -0.39 is 0 Å². The Bertz CT molecular complexity index is 2780. The maximum Gasteiger partial charge on any atom is 0.136 e. The fourth-order valence-corrected chi connectivity index (χ4v) is 7.52. The normalized spacial score (nSPS) is 11.6. The van der Waals surface area contributed by atoms with Crippen LogP contribution < -0.4 is 0 Å². The highest BCUT2D eigenvalue weighted by atomic mass is 16.3. The molecule has 0 fully saturated rings. The van der Waals surface area contributed by atoms with Gasteiger partial charge in [0.1, 0.15) is 11.2 Å². The SMILES string of the molecule is c1ccc(-c2ccc(-c3cc(-c4ccc(-n5c6ccccc6c6ccccc65)cc4)cc(-c4ccc5c(c4)oc4ccccc45)c3)cc2)cc1. The van der Waals surface area contributed by atoms with E-state index in [1.807, 2.05) is 12.1 Å². The van der Waals surface area contributed by atoms with Crippen molar-refractivity contribution in [3.05, 3.63) is 188 Å². The van der Waals surface area contributed by atoms with Crippen LogP contribution in [0.15, 0.2) is 192 Å². The minimum atomic E-state index is 0.901. The third-order valence-electron chi connectivity index (χ3n) is 10.0. The van der Waals surface area contributed by atoms with Crippen molar-refractivity contribution in [2.24, 2.45) is 0 Å². The van der Waals surface area contributed by atoms with Crippen LogP contribution in [-0.2, 0) is 0 Å². The third kappa shape index (κ3) is 4.73. The minimum absolute atomic E-state index is 0.901. The first-order chi connectivity index (χ1) is 24.8. The predicted molar refractivity (Wildman–Crippen MR) is 210 cm³/mol. The van der Waals surface area contributed by atoms with Gasteiger partial charge in [0.25, 0.3) is 0 Å². The van der Waals surface area contributed by atoms with E-state index >= 15 is 0 Å². The highest BCUT2D eigenvalue weighted by Crippen LogP contribution is 2.38. The van der Waals surface area contributed by atoms with E-state index in [-0.39, 0.29) is 0 Å². The zero-order chi connectivity index (χ0) is 33.0. The number of hydrogen-bond donors (Lipinski definition) is 0. The van der Waals surface area contributed by atoms with Crippen LogP contribution in [-0.4, -0.2) is 4.57 Å². The van der Waals surface area contributed by atoms with Crippen LogP contribution in [0.4, 0.5) is 0 Å². The molecule has 2 heterocycles. The van der Waals surface area contributed by atoms with Crippen LogP contribution in [0.1, 0.15) is 0 Å². The van der Waals surface area contributed by atoms with E-state index in [0.29, 0.717) is 0 Å². The molecule has 0 saturated carbocycles. The average Bonchev–Trinajstić information content (AvgIpc) is 3.74. The topological polar surface area (TPSA) is 18.1 Å². The van der Waals surface area contributed by atoms with Crippen molar-refractivity contribution in [2.75, 3.05) is 0 Å². The second kappa shape index (κ2) is 11.5. The molecule has 0 unspecified atom stereocenters. The Labute approximate surface area is 290 Å². The molecular weight excluding hydrogens is 607 g/mol. The van der Waals surface area contributed by atoms with Crippen molar-refractivity contribution < 1.29 is 4.42 Å². The number of aromatic nitrogens is 1. The minimum Gasteiger partial charge on any atom is -0.456 e. The summed E-state index contributed by atoms with van der Waals surface area (Å²) in [5.41, 5.74) is 14.8. The fraction of sp³-hybridized carbons (Fsp3) is 0. The number of benzene rings is 8. The molecule has 10 rings (SSSR count). The number of hydrogen-bond acceptors (Lipinski definition) is 1. The summed E-state index contributed by atoms with van der Waals surface area (Å²) in [4.78, 5) is 0. The van der Waals surface area contributed by atoms with E-state index in [2.05, 4.69) is 180 Å². The molecule has 2 aromatic heterocycles. The maximum absolute atomic E-state index is 6.31. The lowest BCUT2D eigenvalue weighted by atomic mass is 9.92. The Morgan fingerprint density at radius 3 is 1.36 bits per heavy atom. The highest BCUT2D eigenvalue weighted by molar-refractivity contribution is 6.09. The second-order valence-corrected chi connectivity index (χ2v) is 13.0. The largest absolute Gasteiger partial charge is 0.456 e. The third-order valence-corrected chi connectivity index (χ3v) is 10.0. The van der Waals surface area contributed by atoms with E-state index in [0.717, 1.165) is 38.8 Å². The molecule has 8 aromatic carbocycles. The predicted octanol–water partition coefficient (Wildman–Crippen LogP) is 13.4. The summed E-state index contributed by atoms with van der Waals surface area (Å²) < 4.78 is 8.68. The van der Waals surface area contributed by atoms with Gasteiger partial charge in [0.2, 0.25) is 0 Å². The molecule has 0 bridgehead atoms. The molecule has 0 N–H and O–H groups in total. The van der Waals surface area contributed by atoms with Crippen molar-refractivity contribution in [3.8, 4) is 50.2 Å². The van der Waals surface area contributed by atoms with Gasteiger partial charge in [-0.2, -0.15) is 0 Å². The maximum atomic E-state index is 6.31. The molecule has 10 aromatic rings. The summed E-state index contributed by atoms with van der Waals surface area (Å²) in [6.45, 7) is 0. The molecule has 0 amide bonds.